The highest BCUT2D eigenvalue weighted by atomic mass is 32.2. The molecule has 8 heteroatoms. The van der Waals surface area contributed by atoms with Crippen molar-refractivity contribution in [2.24, 2.45) is 7.05 Å². The van der Waals surface area contributed by atoms with Gasteiger partial charge in [0.15, 0.2) is 0 Å². The number of hydrogen-bond acceptors (Lipinski definition) is 4. The number of hydrogen-bond donors (Lipinski definition) is 0. The van der Waals surface area contributed by atoms with E-state index in [4.69, 9.17) is 0 Å². The van der Waals surface area contributed by atoms with Crippen molar-refractivity contribution in [2.45, 2.75) is 36.9 Å². The van der Waals surface area contributed by atoms with Crippen LogP contribution in [-0.4, -0.2) is 45.7 Å². The molecule has 0 aliphatic heterocycles. The minimum absolute atomic E-state index is 0.146. The molecule has 2 aromatic heterocycles. The molecule has 0 N–H and O–H groups in total. The Kier molecular flexibility index (Phi) is 6.40. The van der Waals surface area contributed by atoms with Crippen LogP contribution in [0.25, 0.3) is 10.9 Å². The summed E-state index contributed by atoms with van der Waals surface area (Å²) in [4.78, 5) is 19.9. The third-order valence-corrected chi connectivity index (χ3v) is 8.33. The maximum absolute atomic E-state index is 13.8. The van der Waals surface area contributed by atoms with Gasteiger partial charge in [0.2, 0.25) is 15.9 Å². The third kappa shape index (κ3) is 4.99. The number of carbonyl (C=O) groups is 1. The highest BCUT2D eigenvalue weighted by Crippen LogP contribution is 2.34. The van der Waals surface area contributed by atoms with Gasteiger partial charge in [-0.15, -0.1) is 0 Å². The van der Waals surface area contributed by atoms with Gasteiger partial charge >= 0.3 is 0 Å². The Balaban J connectivity index is 1.45. The van der Waals surface area contributed by atoms with Crippen molar-refractivity contribution in [1.82, 2.24) is 18.8 Å². The van der Waals surface area contributed by atoms with Crippen molar-refractivity contribution in [2.75, 3.05) is 6.54 Å². The quantitative estimate of drug-likeness (QED) is 0.357. The van der Waals surface area contributed by atoms with Gasteiger partial charge in [-0.2, -0.15) is 4.31 Å². The van der Waals surface area contributed by atoms with Crippen molar-refractivity contribution >= 4 is 26.8 Å². The third-order valence-electron chi connectivity index (χ3n) is 6.40. The Bertz CT molecular complexity index is 1440. The summed E-state index contributed by atoms with van der Waals surface area (Å²) >= 11 is 0. The summed E-state index contributed by atoms with van der Waals surface area (Å²) < 4.78 is 31.0. The molecule has 1 amide bonds. The van der Waals surface area contributed by atoms with Crippen molar-refractivity contribution in [3.8, 4) is 0 Å². The molecule has 35 heavy (non-hydrogen) atoms. The van der Waals surface area contributed by atoms with Crippen LogP contribution in [0.15, 0.2) is 90.1 Å². The van der Waals surface area contributed by atoms with Crippen LogP contribution in [0.1, 0.15) is 24.1 Å². The molecule has 1 aliphatic rings. The lowest BCUT2D eigenvalue weighted by Gasteiger charge is -2.28. The molecule has 0 unspecified atom stereocenters. The van der Waals surface area contributed by atoms with Gasteiger partial charge < -0.3 is 9.47 Å². The molecule has 0 spiro atoms. The molecule has 1 fully saturated rings. The summed E-state index contributed by atoms with van der Waals surface area (Å²) in [7, 11) is -1.98. The largest absolute Gasteiger partial charge is 0.353 e. The van der Waals surface area contributed by atoms with Gasteiger partial charge in [0.1, 0.15) is 4.90 Å². The molecule has 2 aromatic carbocycles. The fourth-order valence-corrected chi connectivity index (χ4v) is 6.11. The molecule has 0 bridgehead atoms. The predicted molar refractivity (Wildman–Crippen MR) is 135 cm³/mol. The van der Waals surface area contributed by atoms with E-state index in [1.807, 2.05) is 72.4 Å². The highest BCUT2D eigenvalue weighted by Gasteiger charge is 2.40. The smallest absolute Gasteiger partial charge is 0.245 e. The molecule has 7 nitrogen and oxygen atoms in total. The van der Waals surface area contributed by atoms with Gasteiger partial charge in [0.25, 0.3) is 0 Å². The van der Waals surface area contributed by atoms with Crippen LogP contribution in [0.3, 0.4) is 0 Å². The average molecular weight is 489 g/mol. The maximum Gasteiger partial charge on any atom is 0.245 e. The summed E-state index contributed by atoms with van der Waals surface area (Å²) in [6.45, 7) is 0.596. The number of aryl methyl sites for hydroxylation is 1. The topological polar surface area (TPSA) is 75.5 Å². The zero-order chi connectivity index (χ0) is 24.4. The molecule has 0 saturated heterocycles. The molecule has 0 atom stereocenters. The Morgan fingerprint density at radius 3 is 2.46 bits per heavy atom. The molecule has 2 heterocycles. The van der Waals surface area contributed by atoms with Crippen LogP contribution >= 0.6 is 0 Å². The van der Waals surface area contributed by atoms with Crippen LogP contribution in [0.4, 0.5) is 0 Å². The number of amides is 1. The first-order chi connectivity index (χ1) is 16.9. The van der Waals surface area contributed by atoms with E-state index < -0.39 is 10.0 Å². The zero-order valence-corrected chi connectivity index (χ0v) is 20.4. The van der Waals surface area contributed by atoms with Crippen LogP contribution in [0, 0.1) is 0 Å². The van der Waals surface area contributed by atoms with Crippen LogP contribution in [-0.2, 0) is 35.0 Å². The minimum atomic E-state index is -3.92. The van der Waals surface area contributed by atoms with Crippen molar-refractivity contribution in [3.63, 3.8) is 0 Å². The van der Waals surface area contributed by atoms with Crippen LogP contribution in [0.2, 0.25) is 0 Å². The van der Waals surface area contributed by atoms with E-state index in [9.17, 15) is 13.2 Å². The number of nitrogens with zero attached hydrogens (tertiary/aromatic N) is 4. The number of sulfonamides is 1. The fourth-order valence-electron chi connectivity index (χ4n) is 4.31. The number of fused-ring (bicyclic) bond motifs is 1. The molecule has 5 rings (SSSR count). The summed E-state index contributed by atoms with van der Waals surface area (Å²) in [5, 5.41) is 0.755. The van der Waals surface area contributed by atoms with E-state index in [1.54, 1.807) is 29.3 Å². The molecule has 1 saturated carbocycles. The van der Waals surface area contributed by atoms with Gasteiger partial charge in [0.05, 0.1) is 18.6 Å². The average Bonchev–Trinajstić information content (AvgIpc) is 3.63. The fraction of sp³-hybridized carbons (Fsp3) is 0.259. The van der Waals surface area contributed by atoms with Crippen molar-refractivity contribution < 1.29 is 13.2 Å². The summed E-state index contributed by atoms with van der Waals surface area (Å²) in [5.41, 5.74) is 2.40. The first-order valence-corrected chi connectivity index (χ1v) is 13.1. The molecule has 180 valence electrons. The van der Waals surface area contributed by atoms with Gasteiger partial charge in [-0.25, -0.2) is 8.42 Å². The second-order valence-electron chi connectivity index (χ2n) is 8.96. The summed E-state index contributed by atoms with van der Waals surface area (Å²) in [6, 6.07) is 22.3. The van der Waals surface area contributed by atoms with Crippen LogP contribution < -0.4 is 0 Å². The molecule has 0 radical (unpaired) electrons. The van der Waals surface area contributed by atoms with Gasteiger partial charge in [-0.3, -0.25) is 9.78 Å². The normalized spacial score (nSPS) is 13.9. The summed E-state index contributed by atoms with van der Waals surface area (Å²) in [5.74, 6) is -0.223. The van der Waals surface area contributed by atoms with E-state index >= 15 is 0 Å². The van der Waals surface area contributed by atoms with Crippen molar-refractivity contribution in [1.29, 1.82) is 0 Å². The van der Waals surface area contributed by atoms with E-state index in [1.165, 1.54) is 4.31 Å². The van der Waals surface area contributed by atoms with E-state index in [2.05, 4.69) is 4.98 Å². The lowest BCUT2D eigenvalue weighted by Crippen LogP contribution is -2.43. The second-order valence-corrected chi connectivity index (χ2v) is 10.8. The Labute approximate surface area is 205 Å². The number of benzene rings is 2. The monoisotopic (exact) mass is 488 g/mol. The molecule has 4 aromatic rings. The lowest BCUT2D eigenvalue weighted by atomic mass is 10.2. The second kappa shape index (κ2) is 9.64. The first kappa shape index (κ1) is 23.3. The SMILES string of the molecule is Cn1cccc1CN(Cc1ccccc1)C(=O)CN(C1CC1)S(=O)(=O)c1cccc2cccnc12. The number of para-hydroxylation sites is 1. The van der Waals surface area contributed by atoms with E-state index in [0.29, 0.717) is 18.6 Å². The lowest BCUT2D eigenvalue weighted by molar-refractivity contribution is -0.132. The molecular formula is C27H28N4O3S. The van der Waals surface area contributed by atoms with Gasteiger partial charge in [-0.05, 0) is 42.7 Å². The highest BCUT2D eigenvalue weighted by molar-refractivity contribution is 7.89. The number of aromatic nitrogens is 2. The number of carbonyl (C=O) groups excluding carboxylic acids is 1. The molecule has 1 aliphatic carbocycles. The number of pyridine rings is 1. The predicted octanol–water partition coefficient (Wildman–Crippen LogP) is 3.96. The van der Waals surface area contributed by atoms with Crippen LogP contribution in [0.5, 0.6) is 0 Å². The summed E-state index contributed by atoms with van der Waals surface area (Å²) in [6.07, 6.45) is 5.03. The first-order valence-electron chi connectivity index (χ1n) is 11.7. The van der Waals surface area contributed by atoms with Crippen molar-refractivity contribution in [3.05, 3.63) is 96.4 Å². The van der Waals surface area contributed by atoms with Gasteiger partial charge in [0, 0.05) is 43.1 Å². The van der Waals surface area contributed by atoms with Gasteiger partial charge in [-0.1, -0.05) is 48.5 Å². The number of rotatable bonds is 9. The Hall–Kier alpha value is -3.49. The van der Waals surface area contributed by atoms with E-state index in [-0.39, 0.29) is 23.4 Å². The standard InChI is InChI=1S/C27H28N4O3S/c1-29-17-7-12-24(29)19-30(18-21-8-3-2-4-9-21)26(32)20-31(23-14-15-23)35(33,34)25-13-5-10-22-11-6-16-28-27(22)25/h2-13,16-17,23H,14-15,18-20H2,1H3. The Morgan fingerprint density at radius 2 is 1.74 bits per heavy atom. The zero-order valence-electron chi connectivity index (χ0n) is 19.6. The molecular weight excluding hydrogens is 460 g/mol. The minimum Gasteiger partial charge on any atom is -0.353 e. The Morgan fingerprint density at radius 1 is 0.971 bits per heavy atom. The van der Waals surface area contributed by atoms with E-state index in [0.717, 1.165) is 29.5 Å². The maximum atomic E-state index is 13.8.